The monoisotopic (exact) mass is 188 g/mol. The number of nitrogens with zero attached hydrogens (tertiary/aromatic N) is 2. The third kappa shape index (κ3) is 2.52. The van der Waals surface area contributed by atoms with Crippen LogP contribution in [0.15, 0.2) is 6.07 Å². The summed E-state index contributed by atoms with van der Waals surface area (Å²) in [5, 5.41) is 11.5. The van der Waals surface area contributed by atoms with Crippen LogP contribution in [0.5, 0.6) is 0 Å². The lowest BCUT2D eigenvalue weighted by molar-refractivity contribution is 0.311. The molecule has 1 aromatic rings. The van der Waals surface area contributed by atoms with Gasteiger partial charge >= 0.3 is 0 Å². The first kappa shape index (κ1) is 9.02. The van der Waals surface area contributed by atoms with Crippen molar-refractivity contribution in [2.75, 3.05) is 24.2 Å². The Labute approximate surface area is 74.6 Å². The molecule has 0 fully saturated rings. The Morgan fingerprint density at radius 3 is 2.92 bits per heavy atom. The van der Waals surface area contributed by atoms with Gasteiger partial charge in [-0.05, 0) is 0 Å². The standard InChI is InChI=1S/C6H9ClN4O/c7-4-3-5(8)11-6(10-4)9-1-2-12/h3,12H,1-2H2,(H3,8,9,10,11). The van der Waals surface area contributed by atoms with Crippen molar-refractivity contribution in [2.24, 2.45) is 0 Å². The lowest BCUT2D eigenvalue weighted by atomic mass is 10.6. The predicted octanol–water partition coefficient (Wildman–Crippen LogP) is 0.116. The average molecular weight is 189 g/mol. The van der Waals surface area contributed by atoms with Gasteiger partial charge in [-0.1, -0.05) is 11.6 Å². The molecule has 5 nitrogen and oxygen atoms in total. The number of halogens is 1. The van der Waals surface area contributed by atoms with E-state index >= 15 is 0 Å². The molecule has 0 spiro atoms. The van der Waals surface area contributed by atoms with E-state index in [9.17, 15) is 0 Å². The van der Waals surface area contributed by atoms with E-state index in [2.05, 4.69) is 15.3 Å². The normalized spacial score (nSPS) is 9.83. The molecule has 0 radical (unpaired) electrons. The first-order valence-electron chi connectivity index (χ1n) is 3.37. The van der Waals surface area contributed by atoms with Crippen molar-refractivity contribution in [2.45, 2.75) is 0 Å². The minimum atomic E-state index is 0.00970. The molecule has 0 aliphatic rings. The fourth-order valence-electron chi connectivity index (χ4n) is 0.682. The number of rotatable bonds is 3. The molecule has 0 aromatic carbocycles. The van der Waals surface area contributed by atoms with Crippen LogP contribution in [0.3, 0.4) is 0 Å². The predicted molar refractivity (Wildman–Crippen MR) is 47.0 cm³/mol. The number of aromatic nitrogens is 2. The van der Waals surface area contributed by atoms with Crippen LogP contribution in [0.2, 0.25) is 5.15 Å². The topological polar surface area (TPSA) is 84.1 Å². The van der Waals surface area contributed by atoms with Gasteiger partial charge in [0, 0.05) is 12.6 Å². The Balaban J connectivity index is 2.72. The van der Waals surface area contributed by atoms with Crippen LogP contribution >= 0.6 is 11.6 Å². The molecule has 0 saturated carbocycles. The second-order valence-electron chi connectivity index (χ2n) is 2.09. The summed E-state index contributed by atoms with van der Waals surface area (Å²) in [6.45, 7) is 0.384. The molecule has 0 aliphatic heterocycles. The van der Waals surface area contributed by atoms with E-state index < -0.39 is 0 Å². The number of nitrogens with two attached hydrogens (primary N) is 1. The van der Waals surface area contributed by atoms with Gasteiger partial charge in [-0.3, -0.25) is 0 Å². The maximum atomic E-state index is 8.48. The van der Waals surface area contributed by atoms with Crippen LogP contribution in [0.25, 0.3) is 0 Å². The Bertz CT molecular complexity index is 247. The SMILES string of the molecule is Nc1cc(Cl)nc(NCCO)n1. The molecule has 4 N–H and O–H groups in total. The molecule has 1 heterocycles. The largest absolute Gasteiger partial charge is 0.395 e. The van der Waals surface area contributed by atoms with E-state index in [0.717, 1.165) is 0 Å². The lowest BCUT2D eigenvalue weighted by Crippen LogP contribution is -2.09. The van der Waals surface area contributed by atoms with E-state index in [4.69, 9.17) is 22.4 Å². The molecule has 12 heavy (non-hydrogen) atoms. The van der Waals surface area contributed by atoms with Gasteiger partial charge in [0.25, 0.3) is 0 Å². The van der Waals surface area contributed by atoms with Crippen LogP contribution in [-0.2, 0) is 0 Å². The second-order valence-corrected chi connectivity index (χ2v) is 2.48. The summed E-state index contributed by atoms with van der Waals surface area (Å²) in [6.07, 6.45) is 0. The smallest absolute Gasteiger partial charge is 0.226 e. The Kier molecular flexibility index (Phi) is 3.07. The van der Waals surface area contributed by atoms with Crippen LogP contribution in [0.4, 0.5) is 11.8 Å². The van der Waals surface area contributed by atoms with Crippen molar-refractivity contribution < 1.29 is 5.11 Å². The van der Waals surface area contributed by atoms with Crippen LogP contribution < -0.4 is 11.1 Å². The van der Waals surface area contributed by atoms with Gasteiger partial charge in [0.2, 0.25) is 5.95 Å². The summed E-state index contributed by atoms with van der Waals surface area (Å²) in [5.41, 5.74) is 5.39. The molecule has 0 saturated heterocycles. The number of hydrogen-bond donors (Lipinski definition) is 3. The van der Waals surface area contributed by atoms with Crippen LogP contribution in [-0.4, -0.2) is 28.2 Å². The summed E-state index contributed by atoms with van der Waals surface area (Å²) < 4.78 is 0. The van der Waals surface area contributed by atoms with Crippen molar-refractivity contribution in [1.82, 2.24) is 9.97 Å². The molecule has 0 aliphatic carbocycles. The Hall–Kier alpha value is -1.07. The first-order chi connectivity index (χ1) is 5.72. The first-order valence-corrected chi connectivity index (χ1v) is 3.75. The highest BCUT2D eigenvalue weighted by atomic mass is 35.5. The fourth-order valence-corrected chi connectivity index (χ4v) is 0.874. The summed E-state index contributed by atoms with van der Waals surface area (Å²) >= 11 is 5.60. The summed E-state index contributed by atoms with van der Waals surface area (Å²) in [7, 11) is 0. The maximum absolute atomic E-state index is 8.48. The highest BCUT2D eigenvalue weighted by Crippen LogP contribution is 2.10. The molecular formula is C6H9ClN4O. The molecule has 0 bridgehead atoms. The second kappa shape index (κ2) is 4.08. The molecule has 0 atom stereocenters. The number of anilines is 2. The third-order valence-corrected chi connectivity index (χ3v) is 1.30. The van der Waals surface area contributed by atoms with E-state index in [-0.39, 0.29) is 11.8 Å². The summed E-state index contributed by atoms with van der Waals surface area (Å²) in [6, 6.07) is 1.45. The van der Waals surface area contributed by atoms with Crippen molar-refractivity contribution in [3.05, 3.63) is 11.2 Å². The Morgan fingerprint density at radius 2 is 2.33 bits per heavy atom. The van der Waals surface area contributed by atoms with Gasteiger partial charge in [0.1, 0.15) is 11.0 Å². The van der Waals surface area contributed by atoms with Gasteiger partial charge in [-0.25, -0.2) is 4.98 Å². The molecule has 66 valence electrons. The highest BCUT2D eigenvalue weighted by Gasteiger charge is 1.98. The number of nitrogen functional groups attached to an aromatic ring is 1. The molecule has 0 amide bonds. The minimum absolute atomic E-state index is 0.00970. The number of nitrogens with one attached hydrogen (secondary N) is 1. The number of hydrogen-bond acceptors (Lipinski definition) is 5. The van der Waals surface area contributed by atoms with Gasteiger partial charge in [-0.15, -0.1) is 0 Å². The zero-order valence-electron chi connectivity index (χ0n) is 6.29. The van der Waals surface area contributed by atoms with Crippen molar-refractivity contribution in [3.63, 3.8) is 0 Å². The van der Waals surface area contributed by atoms with Crippen LogP contribution in [0.1, 0.15) is 0 Å². The van der Waals surface area contributed by atoms with Gasteiger partial charge in [0.05, 0.1) is 6.61 Å². The van der Waals surface area contributed by atoms with E-state index in [1.54, 1.807) is 0 Å². The zero-order valence-corrected chi connectivity index (χ0v) is 7.04. The average Bonchev–Trinajstić information content (AvgIpc) is 1.99. The van der Waals surface area contributed by atoms with E-state index in [1.165, 1.54) is 6.07 Å². The van der Waals surface area contributed by atoms with Gasteiger partial charge < -0.3 is 16.2 Å². The van der Waals surface area contributed by atoms with Gasteiger partial charge in [-0.2, -0.15) is 4.98 Å². The van der Waals surface area contributed by atoms with Gasteiger partial charge in [0.15, 0.2) is 0 Å². The fraction of sp³-hybridized carbons (Fsp3) is 0.333. The van der Waals surface area contributed by atoms with Crippen molar-refractivity contribution in [1.29, 1.82) is 0 Å². The van der Waals surface area contributed by atoms with Crippen molar-refractivity contribution >= 4 is 23.4 Å². The molecule has 1 rings (SSSR count). The molecule has 1 aromatic heterocycles. The summed E-state index contributed by atoms with van der Waals surface area (Å²) in [5.74, 6) is 0.629. The quantitative estimate of drug-likeness (QED) is 0.587. The number of aliphatic hydroxyl groups excluding tert-OH is 1. The zero-order chi connectivity index (χ0) is 8.97. The minimum Gasteiger partial charge on any atom is -0.395 e. The Morgan fingerprint density at radius 1 is 1.58 bits per heavy atom. The van der Waals surface area contributed by atoms with Crippen molar-refractivity contribution in [3.8, 4) is 0 Å². The summed E-state index contributed by atoms with van der Waals surface area (Å²) in [4.78, 5) is 7.66. The maximum Gasteiger partial charge on any atom is 0.226 e. The highest BCUT2D eigenvalue weighted by molar-refractivity contribution is 6.29. The van der Waals surface area contributed by atoms with E-state index in [1.807, 2.05) is 0 Å². The third-order valence-electron chi connectivity index (χ3n) is 1.11. The lowest BCUT2D eigenvalue weighted by Gasteiger charge is -2.02. The van der Waals surface area contributed by atoms with Crippen LogP contribution in [0, 0.1) is 0 Å². The molecule has 6 heteroatoms. The molecule has 0 unspecified atom stereocenters. The molecular weight excluding hydrogens is 180 g/mol. The van der Waals surface area contributed by atoms with E-state index in [0.29, 0.717) is 18.3 Å². The number of aliphatic hydroxyl groups is 1.